The van der Waals surface area contributed by atoms with E-state index in [1.807, 2.05) is 23.7 Å². The van der Waals surface area contributed by atoms with Crippen LogP contribution in [0.2, 0.25) is 0 Å². The number of carbonyl (C=O) groups is 1. The molecule has 0 saturated carbocycles. The van der Waals surface area contributed by atoms with Crippen LogP contribution < -0.4 is 10.1 Å². The number of benzene rings is 2. The van der Waals surface area contributed by atoms with E-state index in [0.717, 1.165) is 5.52 Å². The Morgan fingerprint density at radius 2 is 1.94 bits per heavy atom. The fourth-order valence-electron chi connectivity index (χ4n) is 3.29. The number of amides is 1. The predicted molar refractivity (Wildman–Crippen MR) is 124 cm³/mol. The molecule has 0 radical (unpaired) electrons. The second-order valence-corrected chi connectivity index (χ2v) is 7.45. The number of para-hydroxylation sites is 1. The molecule has 2 aromatic heterocycles. The van der Waals surface area contributed by atoms with Gasteiger partial charge in [-0.15, -0.1) is 0 Å². The standard InChI is InChI=1S/C24H24FN5O3/c1-29(12-13-32-3)23(31)21-15-17(10-11-26-21)33-16-8-9-22-20(14-16)28-24(30(22)2)27-19-7-5-4-6-18(19)25/h4-11,14-15H,12-13H2,1-3H3,(H,27,28). The van der Waals surface area contributed by atoms with Gasteiger partial charge in [0.25, 0.3) is 5.91 Å². The minimum atomic E-state index is -0.357. The van der Waals surface area contributed by atoms with Crippen molar-refractivity contribution in [2.45, 2.75) is 0 Å². The Kier molecular flexibility index (Phi) is 6.50. The van der Waals surface area contributed by atoms with Crippen molar-refractivity contribution in [2.75, 3.05) is 32.6 Å². The van der Waals surface area contributed by atoms with Gasteiger partial charge < -0.3 is 24.3 Å². The van der Waals surface area contributed by atoms with E-state index in [2.05, 4.69) is 15.3 Å². The zero-order valence-electron chi connectivity index (χ0n) is 18.6. The lowest BCUT2D eigenvalue weighted by atomic mass is 10.3. The largest absolute Gasteiger partial charge is 0.457 e. The van der Waals surface area contributed by atoms with Crippen LogP contribution in [0.15, 0.2) is 60.8 Å². The van der Waals surface area contributed by atoms with Crippen molar-refractivity contribution in [2.24, 2.45) is 7.05 Å². The van der Waals surface area contributed by atoms with Gasteiger partial charge >= 0.3 is 0 Å². The number of nitrogens with zero attached hydrogens (tertiary/aromatic N) is 4. The summed E-state index contributed by atoms with van der Waals surface area (Å²) in [5.41, 5.74) is 2.16. The number of fused-ring (bicyclic) bond motifs is 1. The normalized spacial score (nSPS) is 10.9. The molecule has 1 N–H and O–H groups in total. The number of methoxy groups -OCH3 is 1. The molecule has 2 heterocycles. The van der Waals surface area contributed by atoms with Gasteiger partial charge in [0.2, 0.25) is 5.95 Å². The summed E-state index contributed by atoms with van der Waals surface area (Å²) in [6.45, 7) is 0.901. The lowest BCUT2D eigenvalue weighted by Gasteiger charge is -2.16. The zero-order valence-corrected chi connectivity index (χ0v) is 18.6. The first-order valence-electron chi connectivity index (χ1n) is 10.3. The molecule has 170 valence electrons. The smallest absolute Gasteiger partial charge is 0.272 e. The third-order valence-electron chi connectivity index (χ3n) is 5.14. The van der Waals surface area contributed by atoms with Gasteiger partial charge in [0, 0.05) is 46.1 Å². The Bertz CT molecular complexity index is 1290. The number of aryl methyl sites for hydroxylation is 1. The number of nitrogens with one attached hydrogen (secondary N) is 1. The molecule has 0 aliphatic rings. The van der Waals surface area contributed by atoms with Crippen molar-refractivity contribution < 1.29 is 18.7 Å². The summed E-state index contributed by atoms with van der Waals surface area (Å²) in [5, 5.41) is 3.02. The maximum Gasteiger partial charge on any atom is 0.272 e. The number of aromatic nitrogens is 3. The Morgan fingerprint density at radius 3 is 2.73 bits per heavy atom. The van der Waals surface area contributed by atoms with Crippen molar-refractivity contribution in [3.05, 3.63) is 72.3 Å². The highest BCUT2D eigenvalue weighted by Gasteiger charge is 2.15. The van der Waals surface area contributed by atoms with Crippen LogP contribution in [-0.4, -0.2) is 52.7 Å². The minimum absolute atomic E-state index is 0.221. The molecule has 4 rings (SSSR count). The fraction of sp³-hybridized carbons (Fsp3) is 0.208. The van der Waals surface area contributed by atoms with E-state index in [9.17, 15) is 9.18 Å². The Hall–Kier alpha value is -3.98. The molecule has 0 fully saturated rings. The summed E-state index contributed by atoms with van der Waals surface area (Å²) >= 11 is 0. The average Bonchev–Trinajstić information content (AvgIpc) is 3.13. The van der Waals surface area contributed by atoms with E-state index >= 15 is 0 Å². The van der Waals surface area contributed by atoms with Gasteiger partial charge in [0.1, 0.15) is 23.0 Å². The molecule has 0 spiro atoms. The van der Waals surface area contributed by atoms with Crippen LogP contribution in [0.5, 0.6) is 11.5 Å². The van der Waals surface area contributed by atoms with E-state index in [4.69, 9.17) is 9.47 Å². The van der Waals surface area contributed by atoms with E-state index in [0.29, 0.717) is 41.8 Å². The van der Waals surface area contributed by atoms with Crippen molar-refractivity contribution >= 4 is 28.6 Å². The molecule has 0 atom stereocenters. The first-order chi connectivity index (χ1) is 16.0. The number of pyridine rings is 1. The lowest BCUT2D eigenvalue weighted by Crippen LogP contribution is -2.30. The third kappa shape index (κ3) is 4.93. The Balaban J connectivity index is 1.54. The fourth-order valence-corrected chi connectivity index (χ4v) is 3.29. The monoisotopic (exact) mass is 449 g/mol. The average molecular weight is 449 g/mol. The van der Waals surface area contributed by atoms with Crippen molar-refractivity contribution in [3.63, 3.8) is 0 Å². The number of halogens is 1. The van der Waals surface area contributed by atoms with Crippen molar-refractivity contribution in [1.82, 2.24) is 19.4 Å². The second-order valence-electron chi connectivity index (χ2n) is 7.45. The number of imidazole rings is 1. The van der Waals surface area contributed by atoms with Gasteiger partial charge in [-0.05, 0) is 30.3 Å². The quantitative estimate of drug-likeness (QED) is 0.430. The highest BCUT2D eigenvalue weighted by Crippen LogP contribution is 2.28. The van der Waals surface area contributed by atoms with Crippen LogP contribution in [0.4, 0.5) is 16.0 Å². The number of anilines is 2. The van der Waals surface area contributed by atoms with Crippen molar-refractivity contribution in [3.8, 4) is 11.5 Å². The molecule has 1 amide bonds. The van der Waals surface area contributed by atoms with Crippen LogP contribution >= 0.6 is 0 Å². The predicted octanol–water partition coefficient (Wildman–Crippen LogP) is 4.36. The number of likely N-dealkylation sites (N-methyl/N-ethyl adjacent to an activating group) is 1. The van der Waals surface area contributed by atoms with Crippen LogP contribution in [0.25, 0.3) is 11.0 Å². The summed E-state index contributed by atoms with van der Waals surface area (Å²) in [6.07, 6.45) is 1.53. The molecule has 0 bridgehead atoms. The summed E-state index contributed by atoms with van der Waals surface area (Å²) in [7, 11) is 5.13. The molecule has 33 heavy (non-hydrogen) atoms. The molecule has 2 aromatic carbocycles. The molecule has 4 aromatic rings. The molecule has 0 aliphatic carbocycles. The summed E-state index contributed by atoms with van der Waals surface area (Å²) in [4.78, 5) is 22.8. The molecule has 0 saturated heterocycles. The summed E-state index contributed by atoms with van der Waals surface area (Å²) in [5.74, 6) is 0.956. The molecule has 8 nitrogen and oxygen atoms in total. The van der Waals surface area contributed by atoms with Gasteiger partial charge in [-0.1, -0.05) is 12.1 Å². The third-order valence-corrected chi connectivity index (χ3v) is 5.14. The second kappa shape index (κ2) is 9.66. The SMILES string of the molecule is COCCN(C)C(=O)c1cc(Oc2ccc3c(c2)nc(Nc2ccccc2F)n3C)ccn1. The van der Waals surface area contributed by atoms with Gasteiger partial charge in [0.05, 0.1) is 23.3 Å². The topological polar surface area (TPSA) is 81.5 Å². The van der Waals surface area contributed by atoms with E-state index in [1.54, 1.807) is 55.5 Å². The molecule has 9 heteroatoms. The highest BCUT2D eigenvalue weighted by atomic mass is 19.1. The van der Waals surface area contributed by atoms with Crippen LogP contribution in [0, 0.1) is 5.82 Å². The van der Waals surface area contributed by atoms with Crippen LogP contribution in [0.3, 0.4) is 0 Å². The van der Waals surface area contributed by atoms with E-state index in [1.165, 1.54) is 12.3 Å². The van der Waals surface area contributed by atoms with E-state index < -0.39 is 0 Å². The number of carbonyl (C=O) groups excluding carboxylic acids is 1. The molecule has 0 unspecified atom stereocenters. The highest BCUT2D eigenvalue weighted by molar-refractivity contribution is 5.92. The van der Waals surface area contributed by atoms with Gasteiger partial charge in [-0.3, -0.25) is 9.78 Å². The molecular weight excluding hydrogens is 425 g/mol. The Morgan fingerprint density at radius 1 is 1.15 bits per heavy atom. The van der Waals surface area contributed by atoms with Crippen molar-refractivity contribution in [1.29, 1.82) is 0 Å². The summed E-state index contributed by atoms with van der Waals surface area (Å²) < 4.78 is 26.8. The molecular formula is C24H24FN5O3. The Labute approximate surface area is 190 Å². The molecule has 0 aliphatic heterocycles. The summed E-state index contributed by atoms with van der Waals surface area (Å²) in [6, 6.07) is 15.2. The van der Waals surface area contributed by atoms with Crippen LogP contribution in [-0.2, 0) is 11.8 Å². The lowest BCUT2D eigenvalue weighted by molar-refractivity contribution is 0.0738. The van der Waals surface area contributed by atoms with Gasteiger partial charge in [-0.25, -0.2) is 9.37 Å². The first kappa shape index (κ1) is 22.2. The number of hydrogen-bond acceptors (Lipinski definition) is 6. The van der Waals surface area contributed by atoms with Crippen LogP contribution in [0.1, 0.15) is 10.5 Å². The maximum absolute atomic E-state index is 14.0. The number of rotatable bonds is 8. The first-order valence-corrected chi connectivity index (χ1v) is 10.3. The van der Waals surface area contributed by atoms with E-state index in [-0.39, 0.29) is 17.4 Å². The minimum Gasteiger partial charge on any atom is -0.457 e. The van der Waals surface area contributed by atoms with Gasteiger partial charge in [0.15, 0.2) is 0 Å². The number of hydrogen-bond donors (Lipinski definition) is 1. The number of ether oxygens (including phenoxy) is 2. The zero-order chi connectivity index (χ0) is 23.4. The van der Waals surface area contributed by atoms with Gasteiger partial charge in [-0.2, -0.15) is 0 Å². The maximum atomic E-state index is 14.0.